The maximum atomic E-state index is 14.2. The number of fused-ring (bicyclic) bond motifs is 2. The number of Topliss-reactive ketones (excluding diaryl/α,β-unsaturated/α-hetero) is 1. The number of hydrogen-bond acceptors (Lipinski definition) is 6. The summed E-state index contributed by atoms with van der Waals surface area (Å²) >= 11 is 0. The molecule has 0 spiro atoms. The number of ketones is 1. The van der Waals surface area contributed by atoms with Gasteiger partial charge in [-0.2, -0.15) is 10.2 Å². The largest absolute Gasteiger partial charge is 0.344 e. The van der Waals surface area contributed by atoms with Gasteiger partial charge in [0.05, 0.1) is 28.9 Å². The molecule has 1 amide bonds. The molecule has 1 unspecified atom stereocenters. The van der Waals surface area contributed by atoms with Gasteiger partial charge in [0.2, 0.25) is 0 Å². The third-order valence-corrected chi connectivity index (χ3v) is 7.14. The molecule has 0 aliphatic heterocycles. The number of hydrogen-bond donors (Lipinski definition) is 1. The fourth-order valence-corrected chi connectivity index (χ4v) is 5.21. The molecule has 0 aliphatic carbocycles. The lowest BCUT2D eigenvalue weighted by Crippen LogP contribution is -2.32. The van der Waals surface area contributed by atoms with Crippen molar-refractivity contribution < 1.29 is 9.59 Å². The highest BCUT2D eigenvalue weighted by atomic mass is 16.2. The molecule has 0 saturated heterocycles. The standard InChI is InChI=1S/C31H27N7O3/c1-19(34-30(40)27-20(2)35-37-14-8-13-32-29(27)37)25-15-21-9-7-10-22(16-26(39)23-17-33-36(3)18-23)28(21)31(41)38(25)24-11-5-4-6-12-24/h4-15,17-19H,16H2,1-3H3,(H,34,40). The Hall–Kier alpha value is -5.38. The van der Waals surface area contributed by atoms with E-state index in [1.807, 2.05) is 55.5 Å². The van der Waals surface area contributed by atoms with E-state index in [0.29, 0.717) is 50.2 Å². The molecule has 4 heterocycles. The van der Waals surface area contributed by atoms with Crippen molar-refractivity contribution in [1.82, 2.24) is 34.3 Å². The quantitative estimate of drug-likeness (QED) is 0.303. The maximum Gasteiger partial charge on any atom is 0.263 e. The van der Waals surface area contributed by atoms with Gasteiger partial charge in [0, 0.05) is 43.4 Å². The van der Waals surface area contributed by atoms with E-state index in [9.17, 15) is 14.4 Å². The van der Waals surface area contributed by atoms with Crippen LogP contribution in [0.2, 0.25) is 0 Å². The van der Waals surface area contributed by atoms with Crippen LogP contribution in [0.5, 0.6) is 0 Å². The van der Waals surface area contributed by atoms with Crippen LogP contribution >= 0.6 is 0 Å². The van der Waals surface area contributed by atoms with Gasteiger partial charge in [-0.1, -0.05) is 36.4 Å². The highest BCUT2D eigenvalue weighted by molar-refractivity contribution is 6.01. The average Bonchev–Trinajstić information content (AvgIpc) is 3.55. The Bertz CT molecular complexity index is 2000. The summed E-state index contributed by atoms with van der Waals surface area (Å²) in [6.07, 6.45) is 6.60. The van der Waals surface area contributed by atoms with Gasteiger partial charge in [-0.25, -0.2) is 9.50 Å². The Morgan fingerprint density at radius 3 is 2.61 bits per heavy atom. The number of aryl methyl sites for hydroxylation is 2. The van der Waals surface area contributed by atoms with Crippen molar-refractivity contribution in [2.24, 2.45) is 7.05 Å². The molecule has 10 nitrogen and oxygen atoms in total. The van der Waals surface area contributed by atoms with E-state index in [1.165, 1.54) is 6.20 Å². The van der Waals surface area contributed by atoms with Gasteiger partial charge in [0.15, 0.2) is 11.4 Å². The molecular formula is C31H27N7O3. The molecule has 6 rings (SSSR count). The number of carbonyl (C=O) groups excluding carboxylic acids is 2. The Morgan fingerprint density at radius 2 is 1.85 bits per heavy atom. The molecule has 0 fully saturated rings. The van der Waals surface area contributed by atoms with E-state index < -0.39 is 6.04 Å². The normalized spacial score (nSPS) is 12.1. The minimum Gasteiger partial charge on any atom is -0.344 e. The lowest BCUT2D eigenvalue weighted by atomic mass is 9.98. The number of nitrogens with zero attached hydrogens (tertiary/aromatic N) is 6. The second-order valence-corrected chi connectivity index (χ2v) is 9.97. The van der Waals surface area contributed by atoms with Crippen molar-refractivity contribution in [3.8, 4) is 5.69 Å². The molecule has 2 aromatic carbocycles. The molecule has 0 radical (unpaired) electrons. The molecule has 0 bridgehead atoms. The molecule has 4 aromatic heterocycles. The molecule has 41 heavy (non-hydrogen) atoms. The van der Waals surface area contributed by atoms with E-state index in [4.69, 9.17) is 0 Å². The van der Waals surface area contributed by atoms with Crippen molar-refractivity contribution in [3.63, 3.8) is 0 Å². The second-order valence-electron chi connectivity index (χ2n) is 9.97. The van der Waals surface area contributed by atoms with Crippen LogP contribution in [0.4, 0.5) is 0 Å². The van der Waals surface area contributed by atoms with Gasteiger partial charge >= 0.3 is 0 Å². The number of rotatable bonds is 7. The van der Waals surface area contributed by atoms with E-state index >= 15 is 0 Å². The first-order chi connectivity index (χ1) is 19.8. The fourth-order valence-electron chi connectivity index (χ4n) is 5.21. The number of carbonyl (C=O) groups is 2. The van der Waals surface area contributed by atoms with Crippen LogP contribution < -0.4 is 10.9 Å². The minimum absolute atomic E-state index is 0.0553. The summed E-state index contributed by atoms with van der Waals surface area (Å²) in [5.41, 5.74) is 3.47. The van der Waals surface area contributed by atoms with Crippen molar-refractivity contribution in [1.29, 1.82) is 0 Å². The van der Waals surface area contributed by atoms with Crippen LogP contribution in [0.25, 0.3) is 22.1 Å². The van der Waals surface area contributed by atoms with Gasteiger partial charge in [0.1, 0.15) is 5.56 Å². The third-order valence-electron chi connectivity index (χ3n) is 7.14. The third kappa shape index (κ3) is 4.69. The van der Waals surface area contributed by atoms with Crippen LogP contribution in [0.1, 0.15) is 50.6 Å². The van der Waals surface area contributed by atoms with Crippen molar-refractivity contribution in [3.05, 3.63) is 124 Å². The predicted molar refractivity (Wildman–Crippen MR) is 154 cm³/mol. The van der Waals surface area contributed by atoms with Crippen LogP contribution in [0.15, 0.2) is 90.2 Å². The number of amides is 1. The van der Waals surface area contributed by atoms with E-state index in [2.05, 4.69) is 20.5 Å². The highest BCUT2D eigenvalue weighted by Crippen LogP contribution is 2.25. The summed E-state index contributed by atoms with van der Waals surface area (Å²) in [4.78, 5) is 45.1. The van der Waals surface area contributed by atoms with Crippen LogP contribution in [-0.2, 0) is 13.5 Å². The topological polar surface area (TPSA) is 116 Å². The van der Waals surface area contributed by atoms with Gasteiger partial charge in [-0.3, -0.25) is 23.6 Å². The van der Waals surface area contributed by atoms with Gasteiger partial charge in [-0.15, -0.1) is 0 Å². The molecule has 1 N–H and O–H groups in total. The molecule has 204 valence electrons. The van der Waals surface area contributed by atoms with Crippen LogP contribution in [0, 0.1) is 6.92 Å². The van der Waals surface area contributed by atoms with Gasteiger partial charge in [0.25, 0.3) is 11.5 Å². The molecular weight excluding hydrogens is 518 g/mol. The van der Waals surface area contributed by atoms with E-state index in [-0.39, 0.29) is 23.7 Å². The lowest BCUT2D eigenvalue weighted by Gasteiger charge is -2.21. The van der Waals surface area contributed by atoms with Crippen molar-refractivity contribution >= 4 is 28.1 Å². The average molecular weight is 546 g/mol. The van der Waals surface area contributed by atoms with Gasteiger partial charge < -0.3 is 5.32 Å². The first kappa shape index (κ1) is 25.9. The zero-order chi connectivity index (χ0) is 28.7. The minimum atomic E-state index is -0.557. The Labute approximate surface area is 234 Å². The van der Waals surface area contributed by atoms with Crippen molar-refractivity contribution in [2.45, 2.75) is 26.3 Å². The molecule has 1 atom stereocenters. The SMILES string of the molecule is Cc1nn2cccnc2c1C(=O)NC(C)c1cc2cccc(CC(=O)c3cnn(C)c3)c2c(=O)n1-c1ccccc1. The predicted octanol–water partition coefficient (Wildman–Crippen LogP) is 3.99. The summed E-state index contributed by atoms with van der Waals surface area (Å²) in [5.74, 6) is -0.468. The first-order valence-electron chi connectivity index (χ1n) is 13.2. The molecule has 0 saturated carbocycles. The fraction of sp³-hybridized carbons (Fsp3) is 0.161. The Balaban J connectivity index is 1.45. The summed E-state index contributed by atoms with van der Waals surface area (Å²) in [6, 6.07) is 17.8. The van der Waals surface area contributed by atoms with Crippen molar-refractivity contribution in [2.75, 3.05) is 0 Å². The highest BCUT2D eigenvalue weighted by Gasteiger charge is 2.24. The maximum absolute atomic E-state index is 14.2. The summed E-state index contributed by atoms with van der Waals surface area (Å²) in [6.45, 7) is 3.60. The summed E-state index contributed by atoms with van der Waals surface area (Å²) in [7, 11) is 1.75. The number of para-hydroxylation sites is 1. The Morgan fingerprint density at radius 1 is 1.05 bits per heavy atom. The molecule has 10 heteroatoms. The molecule has 6 aromatic rings. The number of aromatic nitrogens is 6. The Kier molecular flexibility index (Phi) is 6.50. The number of nitrogens with one attached hydrogen (secondary N) is 1. The zero-order valence-corrected chi connectivity index (χ0v) is 22.8. The van der Waals surface area contributed by atoms with Crippen LogP contribution in [0.3, 0.4) is 0 Å². The van der Waals surface area contributed by atoms with Gasteiger partial charge in [-0.05, 0) is 49.1 Å². The smallest absolute Gasteiger partial charge is 0.263 e. The summed E-state index contributed by atoms with van der Waals surface area (Å²) < 4.78 is 4.75. The van der Waals surface area contributed by atoms with E-state index in [0.717, 1.165) is 0 Å². The first-order valence-corrected chi connectivity index (χ1v) is 13.2. The molecule has 0 aliphatic rings. The number of benzene rings is 2. The number of pyridine rings is 1. The van der Waals surface area contributed by atoms with E-state index in [1.54, 1.807) is 58.5 Å². The lowest BCUT2D eigenvalue weighted by molar-refractivity contribution is 0.0938. The monoisotopic (exact) mass is 545 g/mol. The summed E-state index contributed by atoms with van der Waals surface area (Å²) in [5, 5.41) is 12.7. The zero-order valence-electron chi connectivity index (χ0n) is 22.8. The second kappa shape index (κ2) is 10.3. The van der Waals surface area contributed by atoms with Crippen LogP contribution in [-0.4, -0.2) is 40.6 Å².